The lowest BCUT2D eigenvalue weighted by Crippen LogP contribution is -2.22. The van der Waals surface area contributed by atoms with E-state index < -0.39 is 0 Å². The van der Waals surface area contributed by atoms with E-state index in [-0.39, 0.29) is 5.91 Å². The third-order valence-electron chi connectivity index (χ3n) is 3.46. The van der Waals surface area contributed by atoms with E-state index in [0.717, 1.165) is 11.3 Å². The summed E-state index contributed by atoms with van der Waals surface area (Å²) in [5.41, 5.74) is 3.01. The Bertz CT molecular complexity index is 847. The minimum Gasteiger partial charge on any atom is -0.467 e. The summed E-state index contributed by atoms with van der Waals surface area (Å²) in [5.74, 6) is 0.476. The molecule has 0 bridgehead atoms. The number of benzene rings is 1. The molecule has 2 aromatic heterocycles. The number of furan rings is 1. The lowest BCUT2D eigenvalue weighted by molar-refractivity contribution is 0.0947. The maximum absolute atomic E-state index is 12.2. The van der Waals surface area contributed by atoms with Crippen LogP contribution in [0.5, 0.6) is 0 Å². The molecule has 2 N–H and O–H groups in total. The van der Waals surface area contributed by atoms with Crippen molar-refractivity contribution < 1.29 is 9.21 Å². The second kappa shape index (κ2) is 7.19. The van der Waals surface area contributed by atoms with Gasteiger partial charge in [0.2, 0.25) is 0 Å². The largest absolute Gasteiger partial charge is 0.467 e. The van der Waals surface area contributed by atoms with Crippen LogP contribution in [0.1, 0.15) is 21.7 Å². The quantitative estimate of drug-likeness (QED) is 0.725. The Balaban J connectivity index is 1.68. The Morgan fingerprint density at radius 3 is 2.83 bits per heavy atom. The van der Waals surface area contributed by atoms with Crippen LogP contribution >= 0.6 is 11.6 Å². The van der Waals surface area contributed by atoms with Gasteiger partial charge in [-0.15, -0.1) is 0 Å². The van der Waals surface area contributed by atoms with Crippen LogP contribution in [0.4, 0.5) is 11.4 Å². The van der Waals surface area contributed by atoms with E-state index in [9.17, 15) is 4.79 Å². The van der Waals surface area contributed by atoms with Gasteiger partial charge in [0.05, 0.1) is 30.3 Å². The summed E-state index contributed by atoms with van der Waals surface area (Å²) in [4.78, 5) is 16.3. The van der Waals surface area contributed by atoms with Gasteiger partial charge in [-0.25, -0.2) is 0 Å². The standard InChI is InChI=1S/C18H16ClN3O2/c1-12-4-5-14(8-17(12)19)22-15-7-13(9-20-10-15)18(23)21-11-16-3-2-6-24-16/h2-10,22H,11H2,1H3,(H,21,23). The molecule has 1 amide bonds. The summed E-state index contributed by atoms with van der Waals surface area (Å²) in [7, 11) is 0. The fourth-order valence-corrected chi connectivity index (χ4v) is 2.33. The predicted octanol–water partition coefficient (Wildman–Crippen LogP) is 4.31. The predicted molar refractivity (Wildman–Crippen MR) is 93.6 cm³/mol. The Morgan fingerprint density at radius 1 is 1.21 bits per heavy atom. The molecule has 1 aromatic carbocycles. The number of carbonyl (C=O) groups excluding carboxylic acids is 1. The number of aryl methyl sites for hydroxylation is 1. The molecule has 6 heteroatoms. The molecule has 3 aromatic rings. The van der Waals surface area contributed by atoms with Crippen LogP contribution in [0.15, 0.2) is 59.5 Å². The second-order valence-corrected chi connectivity index (χ2v) is 5.72. The van der Waals surface area contributed by atoms with Crippen molar-refractivity contribution in [3.63, 3.8) is 0 Å². The lowest BCUT2D eigenvalue weighted by Gasteiger charge is -2.09. The third-order valence-corrected chi connectivity index (χ3v) is 3.87. The third kappa shape index (κ3) is 3.94. The highest BCUT2D eigenvalue weighted by atomic mass is 35.5. The monoisotopic (exact) mass is 341 g/mol. The molecule has 0 aliphatic heterocycles. The summed E-state index contributed by atoms with van der Waals surface area (Å²) >= 11 is 6.12. The van der Waals surface area contributed by atoms with Crippen molar-refractivity contribution in [2.45, 2.75) is 13.5 Å². The van der Waals surface area contributed by atoms with E-state index in [1.54, 1.807) is 30.7 Å². The number of hydrogen-bond donors (Lipinski definition) is 2. The molecule has 0 spiro atoms. The van der Waals surface area contributed by atoms with E-state index in [0.29, 0.717) is 28.6 Å². The van der Waals surface area contributed by atoms with Gasteiger partial charge in [-0.3, -0.25) is 9.78 Å². The van der Waals surface area contributed by atoms with E-state index in [1.165, 1.54) is 6.20 Å². The number of rotatable bonds is 5. The molecule has 0 aliphatic carbocycles. The minimum atomic E-state index is -0.218. The van der Waals surface area contributed by atoms with Gasteiger partial charge in [0.1, 0.15) is 5.76 Å². The van der Waals surface area contributed by atoms with E-state index in [2.05, 4.69) is 15.6 Å². The van der Waals surface area contributed by atoms with Crippen molar-refractivity contribution in [1.29, 1.82) is 0 Å². The lowest BCUT2D eigenvalue weighted by atomic mass is 10.2. The zero-order valence-electron chi connectivity index (χ0n) is 13.0. The van der Waals surface area contributed by atoms with Crippen LogP contribution in [0.3, 0.4) is 0 Å². The van der Waals surface area contributed by atoms with Crippen molar-refractivity contribution in [3.05, 3.63) is 77.0 Å². The van der Waals surface area contributed by atoms with Crippen LogP contribution < -0.4 is 10.6 Å². The molecule has 0 saturated heterocycles. The van der Waals surface area contributed by atoms with Crippen molar-refractivity contribution in [2.75, 3.05) is 5.32 Å². The first-order valence-corrected chi connectivity index (χ1v) is 7.78. The van der Waals surface area contributed by atoms with Crippen LogP contribution in [-0.2, 0) is 6.54 Å². The fourth-order valence-electron chi connectivity index (χ4n) is 2.15. The highest BCUT2D eigenvalue weighted by Crippen LogP contribution is 2.23. The number of aromatic nitrogens is 1. The van der Waals surface area contributed by atoms with Crippen molar-refractivity contribution in [3.8, 4) is 0 Å². The van der Waals surface area contributed by atoms with E-state index >= 15 is 0 Å². The number of anilines is 2. The molecule has 5 nitrogen and oxygen atoms in total. The number of nitrogens with one attached hydrogen (secondary N) is 2. The molecule has 0 saturated carbocycles. The molecule has 122 valence electrons. The molecular formula is C18H16ClN3O2. The zero-order valence-corrected chi connectivity index (χ0v) is 13.8. The maximum atomic E-state index is 12.2. The Kier molecular flexibility index (Phi) is 4.82. The molecule has 0 atom stereocenters. The first-order valence-electron chi connectivity index (χ1n) is 7.40. The molecule has 0 fully saturated rings. The number of halogens is 1. The van der Waals surface area contributed by atoms with Gasteiger partial charge in [0.15, 0.2) is 0 Å². The summed E-state index contributed by atoms with van der Waals surface area (Å²) in [6.07, 6.45) is 4.74. The summed E-state index contributed by atoms with van der Waals surface area (Å²) < 4.78 is 5.19. The number of nitrogens with zero attached hydrogens (tertiary/aromatic N) is 1. The normalized spacial score (nSPS) is 10.4. The summed E-state index contributed by atoms with van der Waals surface area (Å²) in [5, 5.41) is 6.66. The highest BCUT2D eigenvalue weighted by Gasteiger charge is 2.08. The second-order valence-electron chi connectivity index (χ2n) is 5.31. The molecule has 0 aliphatic rings. The average Bonchev–Trinajstić information content (AvgIpc) is 3.10. The van der Waals surface area contributed by atoms with Crippen LogP contribution in [0, 0.1) is 6.92 Å². The highest BCUT2D eigenvalue weighted by molar-refractivity contribution is 6.31. The Hall–Kier alpha value is -2.79. The minimum absolute atomic E-state index is 0.218. The zero-order chi connectivity index (χ0) is 16.9. The van der Waals surface area contributed by atoms with Gasteiger partial charge >= 0.3 is 0 Å². The maximum Gasteiger partial charge on any atom is 0.253 e. The van der Waals surface area contributed by atoms with Gasteiger partial charge < -0.3 is 15.1 Å². The van der Waals surface area contributed by atoms with Crippen LogP contribution in [-0.4, -0.2) is 10.9 Å². The van der Waals surface area contributed by atoms with Gasteiger partial charge in [-0.1, -0.05) is 17.7 Å². The number of pyridine rings is 1. The van der Waals surface area contributed by atoms with Crippen molar-refractivity contribution in [2.24, 2.45) is 0 Å². The molecule has 0 radical (unpaired) electrons. The molecule has 0 unspecified atom stereocenters. The number of hydrogen-bond acceptors (Lipinski definition) is 4. The van der Waals surface area contributed by atoms with E-state index in [1.807, 2.05) is 25.1 Å². The van der Waals surface area contributed by atoms with Crippen molar-refractivity contribution >= 4 is 28.9 Å². The van der Waals surface area contributed by atoms with E-state index in [4.69, 9.17) is 16.0 Å². The molecular weight excluding hydrogens is 326 g/mol. The summed E-state index contributed by atoms with van der Waals surface area (Å²) in [6.45, 7) is 2.27. The van der Waals surface area contributed by atoms with Gasteiger partial charge in [0, 0.05) is 16.9 Å². The van der Waals surface area contributed by atoms with Gasteiger partial charge in [0.25, 0.3) is 5.91 Å². The number of carbonyl (C=O) groups is 1. The smallest absolute Gasteiger partial charge is 0.253 e. The van der Waals surface area contributed by atoms with Crippen LogP contribution in [0.25, 0.3) is 0 Å². The van der Waals surface area contributed by atoms with Gasteiger partial charge in [-0.05, 0) is 42.8 Å². The molecule has 3 rings (SSSR count). The van der Waals surface area contributed by atoms with Gasteiger partial charge in [-0.2, -0.15) is 0 Å². The first kappa shape index (κ1) is 16.1. The first-order chi connectivity index (χ1) is 11.6. The SMILES string of the molecule is Cc1ccc(Nc2cncc(C(=O)NCc3ccco3)c2)cc1Cl. The van der Waals surface area contributed by atoms with Crippen molar-refractivity contribution in [1.82, 2.24) is 10.3 Å². The average molecular weight is 342 g/mol. The fraction of sp³-hybridized carbons (Fsp3) is 0.111. The topological polar surface area (TPSA) is 67.2 Å². The Morgan fingerprint density at radius 2 is 2.08 bits per heavy atom. The molecule has 2 heterocycles. The summed E-state index contributed by atoms with van der Waals surface area (Å²) in [6, 6.07) is 11.0. The number of amides is 1. The van der Waals surface area contributed by atoms with Crippen LogP contribution in [0.2, 0.25) is 5.02 Å². The Labute approximate surface area is 144 Å². The molecule has 24 heavy (non-hydrogen) atoms.